The average Bonchev–Trinajstić information content (AvgIpc) is 3.23. The maximum absolute atomic E-state index is 13.0. The smallest absolute Gasteiger partial charge is 0.315 e. The molecule has 0 fully saturated rings. The molecule has 7 nitrogen and oxygen atoms in total. The molecule has 0 aliphatic heterocycles. The van der Waals surface area contributed by atoms with Crippen molar-refractivity contribution >= 4 is 46.6 Å². The Morgan fingerprint density at radius 3 is 2.37 bits per heavy atom. The normalized spacial score (nSPS) is 11.3. The third-order valence-electron chi connectivity index (χ3n) is 5.48. The van der Waals surface area contributed by atoms with E-state index in [0.29, 0.717) is 33.8 Å². The van der Waals surface area contributed by atoms with Crippen molar-refractivity contribution in [3.63, 3.8) is 0 Å². The van der Waals surface area contributed by atoms with Crippen LogP contribution in [-0.2, 0) is 16.6 Å². The number of aryl methyl sites for hydroxylation is 1. The average molecular weight is 516 g/mol. The van der Waals surface area contributed by atoms with Crippen LogP contribution in [0.25, 0.3) is 5.69 Å². The monoisotopic (exact) mass is 515 g/mol. The lowest BCUT2D eigenvalue weighted by molar-refractivity contribution is -0.116. The van der Waals surface area contributed by atoms with Crippen LogP contribution in [-0.4, -0.2) is 39.7 Å². The first-order valence-electron chi connectivity index (χ1n) is 11.5. The van der Waals surface area contributed by atoms with Gasteiger partial charge in [0.05, 0.1) is 21.4 Å². The maximum Gasteiger partial charge on any atom is 0.322 e. The summed E-state index contributed by atoms with van der Waals surface area (Å²) < 4.78 is 1.62. The molecule has 1 heterocycles. The second kappa shape index (κ2) is 11.1. The lowest BCUT2D eigenvalue weighted by atomic mass is 9.92. The lowest BCUT2D eigenvalue weighted by Crippen LogP contribution is -2.40. The van der Waals surface area contributed by atoms with E-state index in [9.17, 15) is 9.59 Å². The molecule has 2 aromatic carbocycles. The number of urea groups is 1. The molecule has 0 aliphatic carbocycles. The number of halogens is 2. The van der Waals surface area contributed by atoms with Crippen LogP contribution in [0.4, 0.5) is 16.3 Å². The number of carbonyl (C=O) groups is 2. The summed E-state index contributed by atoms with van der Waals surface area (Å²) in [4.78, 5) is 27.2. The van der Waals surface area contributed by atoms with Crippen LogP contribution in [0.15, 0.2) is 48.5 Å². The Kier molecular flexibility index (Phi) is 8.46. The van der Waals surface area contributed by atoms with E-state index in [2.05, 4.69) is 22.7 Å². The van der Waals surface area contributed by atoms with Gasteiger partial charge in [0.2, 0.25) is 5.91 Å². The van der Waals surface area contributed by atoms with Gasteiger partial charge in [-0.25, -0.2) is 9.48 Å². The Hall–Kier alpha value is -3.03. The van der Waals surface area contributed by atoms with Gasteiger partial charge < -0.3 is 15.5 Å². The third-order valence-corrected chi connectivity index (χ3v) is 6.22. The van der Waals surface area contributed by atoms with Crippen LogP contribution in [0.5, 0.6) is 0 Å². The standard InChI is InChI=1S/C26H31Cl2N5O2/c1-6-17-9-8-10-18(13-17)29-25(35)32(7-2)16-24(34)30-23-15-22(26(3,4)5)31-33(23)19-11-12-20(27)21(28)14-19/h8-15H,6-7,16H2,1-5H3,(H,29,35)(H,30,34). The molecule has 0 spiro atoms. The summed E-state index contributed by atoms with van der Waals surface area (Å²) in [6.45, 7) is 10.2. The van der Waals surface area contributed by atoms with Crippen LogP contribution in [0, 0.1) is 0 Å². The summed E-state index contributed by atoms with van der Waals surface area (Å²) in [5.41, 5.74) is 3.02. The van der Waals surface area contributed by atoms with Gasteiger partial charge >= 0.3 is 6.03 Å². The third kappa shape index (κ3) is 6.77. The van der Waals surface area contributed by atoms with Crippen LogP contribution >= 0.6 is 23.2 Å². The fourth-order valence-corrected chi connectivity index (χ4v) is 3.70. The van der Waals surface area contributed by atoms with Crippen molar-refractivity contribution in [2.45, 2.75) is 46.5 Å². The van der Waals surface area contributed by atoms with Gasteiger partial charge in [-0.15, -0.1) is 0 Å². The number of anilines is 2. The minimum absolute atomic E-state index is 0.118. The van der Waals surface area contributed by atoms with E-state index in [-0.39, 0.29) is 23.9 Å². The fourth-order valence-electron chi connectivity index (χ4n) is 3.40. The summed E-state index contributed by atoms with van der Waals surface area (Å²) in [7, 11) is 0. The van der Waals surface area contributed by atoms with Gasteiger partial charge in [0.15, 0.2) is 0 Å². The zero-order valence-electron chi connectivity index (χ0n) is 20.7. The van der Waals surface area contributed by atoms with Gasteiger partial charge in [-0.1, -0.05) is 63.0 Å². The molecule has 0 atom stereocenters. The molecule has 3 amide bonds. The highest BCUT2D eigenvalue weighted by atomic mass is 35.5. The van der Waals surface area contributed by atoms with E-state index in [0.717, 1.165) is 17.7 Å². The van der Waals surface area contributed by atoms with Gasteiger partial charge in [0, 0.05) is 23.7 Å². The molecule has 1 aromatic heterocycles. The highest BCUT2D eigenvalue weighted by Crippen LogP contribution is 2.29. The van der Waals surface area contributed by atoms with Crippen molar-refractivity contribution in [2.75, 3.05) is 23.7 Å². The first kappa shape index (κ1) is 26.6. The molecular weight excluding hydrogens is 485 g/mol. The van der Waals surface area contributed by atoms with Crippen LogP contribution in [0.1, 0.15) is 45.9 Å². The van der Waals surface area contributed by atoms with Crippen LogP contribution < -0.4 is 10.6 Å². The summed E-state index contributed by atoms with van der Waals surface area (Å²) >= 11 is 12.3. The molecule has 186 valence electrons. The van der Waals surface area contributed by atoms with E-state index in [4.69, 9.17) is 23.2 Å². The number of hydrogen-bond donors (Lipinski definition) is 2. The van der Waals surface area contributed by atoms with Gasteiger partial charge in [-0.2, -0.15) is 5.10 Å². The Morgan fingerprint density at radius 2 is 1.74 bits per heavy atom. The molecule has 35 heavy (non-hydrogen) atoms. The van der Waals surface area contributed by atoms with Gasteiger partial charge in [0.25, 0.3) is 0 Å². The second-order valence-corrected chi connectivity index (χ2v) is 10.0. The highest BCUT2D eigenvalue weighted by Gasteiger charge is 2.23. The van der Waals surface area contributed by atoms with Gasteiger partial charge in [0.1, 0.15) is 12.4 Å². The number of likely N-dealkylation sites (N-methyl/N-ethyl adjacent to an activating group) is 1. The summed E-state index contributed by atoms with van der Waals surface area (Å²) in [6, 6.07) is 14.3. The Bertz CT molecular complexity index is 1220. The number of carbonyl (C=O) groups excluding carboxylic acids is 2. The number of nitrogens with zero attached hydrogens (tertiary/aromatic N) is 3. The van der Waals surface area contributed by atoms with Crippen molar-refractivity contribution in [1.29, 1.82) is 0 Å². The van der Waals surface area contributed by atoms with E-state index in [1.807, 2.05) is 58.0 Å². The molecule has 0 bridgehead atoms. The molecule has 3 aromatic rings. The van der Waals surface area contributed by atoms with Crippen molar-refractivity contribution in [1.82, 2.24) is 14.7 Å². The zero-order valence-corrected chi connectivity index (χ0v) is 22.2. The first-order chi connectivity index (χ1) is 16.5. The van der Waals surface area contributed by atoms with Crippen molar-refractivity contribution in [3.8, 4) is 5.69 Å². The molecule has 2 N–H and O–H groups in total. The predicted octanol–water partition coefficient (Wildman–Crippen LogP) is 6.53. The number of nitrogens with one attached hydrogen (secondary N) is 2. The number of benzene rings is 2. The lowest BCUT2D eigenvalue weighted by Gasteiger charge is -2.21. The summed E-state index contributed by atoms with van der Waals surface area (Å²) in [5.74, 6) is 0.136. The second-order valence-electron chi connectivity index (χ2n) is 9.22. The molecule has 0 unspecified atom stereocenters. The number of amides is 3. The SMILES string of the molecule is CCc1cccc(NC(=O)N(CC)CC(=O)Nc2cc(C(C)(C)C)nn2-c2ccc(Cl)c(Cl)c2)c1. The van der Waals surface area contributed by atoms with E-state index < -0.39 is 0 Å². The summed E-state index contributed by atoms with van der Waals surface area (Å²) in [6.07, 6.45) is 0.868. The van der Waals surface area contributed by atoms with Crippen molar-refractivity contribution < 1.29 is 9.59 Å². The molecule has 0 aliphatic rings. The highest BCUT2D eigenvalue weighted by molar-refractivity contribution is 6.42. The predicted molar refractivity (Wildman–Crippen MR) is 143 cm³/mol. The van der Waals surface area contributed by atoms with E-state index in [1.54, 1.807) is 22.9 Å². The molecule has 0 radical (unpaired) electrons. The Balaban J connectivity index is 1.79. The van der Waals surface area contributed by atoms with E-state index in [1.165, 1.54) is 4.90 Å². The number of aromatic nitrogens is 2. The van der Waals surface area contributed by atoms with Gasteiger partial charge in [-0.3, -0.25) is 4.79 Å². The summed E-state index contributed by atoms with van der Waals surface area (Å²) in [5, 5.41) is 11.3. The fraction of sp³-hybridized carbons (Fsp3) is 0.346. The number of hydrogen-bond acceptors (Lipinski definition) is 3. The number of rotatable bonds is 7. The minimum Gasteiger partial charge on any atom is -0.315 e. The van der Waals surface area contributed by atoms with Crippen LogP contribution in [0.3, 0.4) is 0 Å². The molecular formula is C26H31Cl2N5O2. The molecule has 3 rings (SSSR count). The maximum atomic E-state index is 13.0. The zero-order chi connectivity index (χ0) is 25.8. The molecule has 9 heteroatoms. The van der Waals surface area contributed by atoms with Gasteiger partial charge in [-0.05, 0) is 49.2 Å². The topological polar surface area (TPSA) is 79.3 Å². The largest absolute Gasteiger partial charge is 0.322 e. The van der Waals surface area contributed by atoms with Crippen molar-refractivity contribution in [3.05, 3.63) is 69.8 Å². The Labute approximate surface area is 216 Å². The van der Waals surface area contributed by atoms with E-state index >= 15 is 0 Å². The molecule has 0 saturated heterocycles. The minimum atomic E-state index is -0.343. The molecule has 0 saturated carbocycles. The van der Waals surface area contributed by atoms with Crippen molar-refractivity contribution in [2.24, 2.45) is 0 Å². The quantitative estimate of drug-likeness (QED) is 0.375. The van der Waals surface area contributed by atoms with Crippen LogP contribution in [0.2, 0.25) is 10.0 Å². The first-order valence-corrected chi connectivity index (χ1v) is 12.3. The Morgan fingerprint density at radius 1 is 1.00 bits per heavy atom.